The van der Waals surface area contributed by atoms with Gasteiger partial charge in [-0.3, -0.25) is 10.1 Å². The molecule has 1 atom stereocenters. The topological polar surface area (TPSA) is 76.0 Å². The van der Waals surface area contributed by atoms with Gasteiger partial charge in [-0.05, 0) is 36.4 Å². The third-order valence-electron chi connectivity index (χ3n) is 3.97. The van der Waals surface area contributed by atoms with Crippen LogP contribution in [0.1, 0.15) is 11.6 Å². The van der Waals surface area contributed by atoms with Crippen LogP contribution >= 0.6 is 0 Å². The Morgan fingerprint density at radius 2 is 1.72 bits per heavy atom. The second-order valence-corrected chi connectivity index (χ2v) is 5.62. The van der Waals surface area contributed by atoms with E-state index >= 15 is 0 Å². The lowest BCUT2D eigenvalue weighted by molar-refractivity contribution is -0.120. The first-order valence-corrected chi connectivity index (χ1v) is 7.64. The minimum absolute atomic E-state index is 0.361. The lowest BCUT2D eigenvalue weighted by Gasteiger charge is -2.07. The van der Waals surface area contributed by atoms with Crippen LogP contribution < -0.4 is 10.6 Å². The lowest BCUT2D eigenvalue weighted by atomic mass is 10.0. The van der Waals surface area contributed by atoms with Gasteiger partial charge in [0.25, 0.3) is 5.91 Å². The molecule has 3 aromatic rings. The van der Waals surface area contributed by atoms with Gasteiger partial charge in [-0.25, -0.2) is 13.9 Å². The molecule has 2 heterocycles. The van der Waals surface area contributed by atoms with Crippen LogP contribution in [0.25, 0.3) is 16.9 Å². The maximum atomic E-state index is 13.2. The van der Waals surface area contributed by atoms with E-state index in [-0.39, 0.29) is 5.82 Å². The summed E-state index contributed by atoms with van der Waals surface area (Å²) in [4.78, 5) is 23.6. The van der Waals surface area contributed by atoms with E-state index < -0.39 is 18.0 Å². The van der Waals surface area contributed by atoms with Crippen molar-refractivity contribution >= 4 is 11.9 Å². The highest BCUT2D eigenvalue weighted by Gasteiger charge is 2.34. The van der Waals surface area contributed by atoms with Gasteiger partial charge in [0, 0.05) is 17.3 Å². The summed E-state index contributed by atoms with van der Waals surface area (Å²) in [6.07, 6.45) is 1.70. The molecule has 7 heteroatoms. The number of hydrogen-bond acceptors (Lipinski definition) is 3. The van der Waals surface area contributed by atoms with Crippen LogP contribution in [-0.4, -0.2) is 21.7 Å². The first-order valence-electron chi connectivity index (χ1n) is 7.64. The monoisotopic (exact) mass is 336 g/mol. The smallest absolute Gasteiger partial charge is 0.322 e. The first kappa shape index (κ1) is 15.1. The van der Waals surface area contributed by atoms with E-state index in [1.165, 1.54) is 12.1 Å². The standard InChI is InChI=1S/C18H13FN4O2/c19-12-8-6-11(7-9-12)15-14(16-17(24)21-18(25)20-16)10-23(22-15)13-4-2-1-3-5-13/h1-10,16H,(H2,20,21,24,25)/t16-/m0/s1. The third-order valence-corrected chi connectivity index (χ3v) is 3.97. The Labute approximate surface area is 142 Å². The van der Waals surface area contributed by atoms with Crippen LogP contribution in [0.15, 0.2) is 60.8 Å². The molecule has 0 radical (unpaired) electrons. The van der Waals surface area contributed by atoms with Crippen molar-refractivity contribution in [1.29, 1.82) is 0 Å². The molecule has 2 aromatic carbocycles. The summed E-state index contributed by atoms with van der Waals surface area (Å²) >= 11 is 0. The van der Waals surface area contributed by atoms with Crippen molar-refractivity contribution in [3.8, 4) is 16.9 Å². The number of nitrogens with one attached hydrogen (secondary N) is 2. The van der Waals surface area contributed by atoms with Crippen LogP contribution in [0.3, 0.4) is 0 Å². The van der Waals surface area contributed by atoms with Gasteiger partial charge in [0.1, 0.15) is 11.9 Å². The molecule has 3 amide bonds. The zero-order valence-corrected chi connectivity index (χ0v) is 12.9. The fourth-order valence-electron chi connectivity index (χ4n) is 2.78. The lowest BCUT2D eigenvalue weighted by Crippen LogP contribution is -2.22. The largest absolute Gasteiger partial charge is 0.322 e. The number of carbonyl (C=O) groups excluding carboxylic acids is 2. The molecule has 0 unspecified atom stereocenters. The summed E-state index contributed by atoms with van der Waals surface area (Å²) < 4.78 is 14.9. The summed E-state index contributed by atoms with van der Waals surface area (Å²) in [5.41, 5.74) is 2.51. The number of urea groups is 1. The second kappa shape index (κ2) is 5.86. The molecule has 0 bridgehead atoms. The van der Waals surface area contributed by atoms with Gasteiger partial charge in [-0.1, -0.05) is 18.2 Å². The van der Waals surface area contributed by atoms with Gasteiger partial charge in [0.05, 0.1) is 11.4 Å². The maximum Gasteiger partial charge on any atom is 0.322 e. The average molecular weight is 336 g/mol. The van der Waals surface area contributed by atoms with Crippen molar-refractivity contribution in [2.45, 2.75) is 6.04 Å². The van der Waals surface area contributed by atoms with Crippen molar-refractivity contribution < 1.29 is 14.0 Å². The number of hydrogen-bond donors (Lipinski definition) is 2. The van der Waals surface area contributed by atoms with Crippen LogP contribution in [0.4, 0.5) is 9.18 Å². The molecule has 0 aliphatic carbocycles. The van der Waals surface area contributed by atoms with E-state index in [1.54, 1.807) is 23.0 Å². The zero-order chi connectivity index (χ0) is 17.4. The second-order valence-electron chi connectivity index (χ2n) is 5.62. The van der Waals surface area contributed by atoms with Gasteiger partial charge in [-0.15, -0.1) is 0 Å². The maximum absolute atomic E-state index is 13.2. The van der Waals surface area contributed by atoms with Crippen LogP contribution in [0.5, 0.6) is 0 Å². The van der Waals surface area contributed by atoms with E-state index in [0.29, 0.717) is 16.8 Å². The molecule has 1 aliphatic heterocycles. The Kier molecular flexibility index (Phi) is 3.53. The van der Waals surface area contributed by atoms with Gasteiger partial charge in [0.2, 0.25) is 0 Å². The average Bonchev–Trinajstić information content (AvgIpc) is 3.19. The summed E-state index contributed by atoms with van der Waals surface area (Å²) in [7, 11) is 0. The van der Waals surface area contributed by atoms with E-state index in [4.69, 9.17) is 0 Å². The summed E-state index contributed by atoms with van der Waals surface area (Å²) in [6.45, 7) is 0. The molecular formula is C18H13FN4O2. The Balaban J connectivity index is 1.86. The molecule has 124 valence electrons. The van der Waals surface area contributed by atoms with E-state index in [1.807, 2.05) is 30.3 Å². The normalized spacial score (nSPS) is 16.6. The van der Waals surface area contributed by atoms with E-state index in [2.05, 4.69) is 15.7 Å². The number of halogens is 1. The Bertz CT molecular complexity index is 951. The Morgan fingerprint density at radius 1 is 1.00 bits per heavy atom. The number of para-hydroxylation sites is 1. The number of imide groups is 1. The Hall–Kier alpha value is -3.48. The molecule has 0 spiro atoms. The quantitative estimate of drug-likeness (QED) is 0.722. The minimum atomic E-state index is -0.843. The van der Waals surface area contributed by atoms with Gasteiger partial charge in [0.15, 0.2) is 0 Å². The number of carbonyl (C=O) groups is 2. The summed E-state index contributed by atoms with van der Waals surface area (Å²) in [5.74, 6) is -0.805. The van der Waals surface area contributed by atoms with Crippen LogP contribution in [-0.2, 0) is 4.79 Å². The first-order chi connectivity index (χ1) is 12.1. The fraction of sp³-hybridized carbons (Fsp3) is 0.0556. The van der Waals surface area contributed by atoms with Gasteiger partial charge < -0.3 is 5.32 Å². The van der Waals surface area contributed by atoms with Crippen molar-refractivity contribution in [3.05, 3.63) is 72.2 Å². The Morgan fingerprint density at radius 3 is 2.36 bits per heavy atom. The van der Waals surface area contributed by atoms with Crippen LogP contribution in [0, 0.1) is 5.82 Å². The molecule has 1 aromatic heterocycles. The van der Waals surface area contributed by atoms with Crippen molar-refractivity contribution in [3.63, 3.8) is 0 Å². The minimum Gasteiger partial charge on any atom is -0.322 e. The van der Waals surface area contributed by atoms with E-state index in [9.17, 15) is 14.0 Å². The molecule has 1 aliphatic rings. The molecule has 25 heavy (non-hydrogen) atoms. The molecule has 0 saturated carbocycles. The SMILES string of the molecule is O=C1NC(=O)[C@H](c2cn(-c3ccccc3)nc2-c2ccc(F)cc2)N1. The highest BCUT2D eigenvalue weighted by Crippen LogP contribution is 2.30. The molecular weight excluding hydrogens is 323 g/mol. The molecule has 6 nitrogen and oxygen atoms in total. The summed E-state index contributed by atoms with van der Waals surface area (Å²) in [6, 6.07) is 13.8. The van der Waals surface area contributed by atoms with E-state index in [0.717, 1.165) is 5.69 Å². The summed E-state index contributed by atoms with van der Waals surface area (Å²) in [5, 5.41) is 9.34. The number of benzene rings is 2. The molecule has 2 N–H and O–H groups in total. The van der Waals surface area contributed by atoms with Crippen molar-refractivity contribution in [2.75, 3.05) is 0 Å². The molecule has 4 rings (SSSR count). The highest BCUT2D eigenvalue weighted by molar-refractivity contribution is 6.05. The molecule has 1 saturated heterocycles. The van der Waals surface area contributed by atoms with Crippen LogP contribution in [0.2, 0.25) is 0 Å². The predicted molar refractivity (Wildman–Crippen MR) is 88.4 cm³/mol. The number of aromatic nitrogens is 2. The number of nitrogens with zero attached hydrogens (tertiary/aromatic N) is 2. The predicted octanol–water partition coefficient (Wildman–Crippen LogP) is 2.56. The number of rotatable bonds is 3. The van der Waals surface area contributed by atoms with Gasteiger partial charge >= 0.3 is 6.03 Å². The fourth-order valence-corrected chi connectivity index (χ4v) is 2.78. The molecule has 1 fully saturated rings. The zero-order valence-electron chi connectivity index (χ0n) is 12.9. The number of amides is 3. The third kappa shape index (κ3) is 2.76. The van der Waals surface area contributed by atoms with Gasteiger partial charge in [-0.2, -0.15) is 5.10 Å². The van der Waals surface area contributed by atoms with Crippen molar-refractivity contribution in [1.82, 2.24) is 20.4 Å². The van der Waals surface area contributed by atoms with Crippen molar-refractivity contribution in [2.24, 2.45) is 0 Å². The highest BCUT2D eigenvalue weighted by atomic mass is 19.1.